The number of hydrogen-bond donors (Lipinski definition) is 1. The fourth-order valence-electron chi connectivity index (χ4n) is 1.78. The summed E-state index contributed by atoms with van der Waals surface area (Å²) in [5.74, 6) is 3.66. The van der Waals surface area contributed by atoms with Crippen LogP contribution >= 0.6 is 0 Å². The fraction of sp³-hybridized carbons (Fsp3) is 0.833. The van der Waals surface area contributed by atoms with E-state index in [0.29, 0.717) is 0 Å². The summed E-state index contributed by atoms with van der Waals surface area (Å²) in [5.41, 5.74) is 0. The minimum atomic E-state index is 0.783. The third-order valence-corrected chi connectivity index (χ3v) is 2.79. The molecule has 0 heterocycles. The molecule has 1 heteroatoms. The molecule has 1 atom stereocenters. The van der Waals surface area contributed by atoms with Crippen LogP contribution in [0, 0.1) is 18.3 Å². The Morgan fingerprint density at radius 2 is 2.23 bits per heavy atom. The molecule has 0 radical (unpaired) electrons. The highest BCUT2D eigenvalue weighted by Crippen LogP contribution is 2.33. The highest BCUT2D eigenvalue weighted by molar-refractivity contribution is 4.86. The minimum absolute atomic E-state index is 0.783. The molecule has 1 N–H and O–H groups in total. The molecular formula is C12H21N. The third kappa shape index (κ3) is 4.33. The summed E-state index contributed by atoms with van der Waals surface area (Å²) in [6, 6.07) is 0.783. The van der Waals surface area contributed by atoms with Crippen LogP contribution in [0.5, 0.6) is 0 Å². The quantitative estimate of drug-likeness (QED) is 0.468. The van der Waals surface area contributed by atoms with Gasteiger partial charge in [-0.3, -0.25) is 0 Å². The van der Waals surface area contributed by atoms with Gasteiger partial charge in [0.2, 0.25) is 0 Å². The summed E-state index contributed by atoms with van der Waals surface area (Å²) >= 11 is 0. The van der Waals surface area contributed by atoms with Gasteiger partial charge in [-0.2, -0.15) is 0 Å². The van der Waals surface area contributed by atoms with Crippen molar-refractivity contribution in [3.8, 4) is 12.3 Å². The minimum Gasteiger partial charge on any atom is -0.314 e. The van der Waals surface area contributed by atoms with Crippen molar-refractivity contribution in [3.63, 3.8) is 0 Å². The first kappa shape index (κ1) is 10.6. The van der Waals surface area contributed by atoms with Gasteiger partial charge in [-0.05, 0) is 44.6 Å². The van der Waals surface area contributed by atoms with Crippen molar-refractivity contribution in [1.29, 1.82) is 0 Å². The first-order valence-electron chi connectivity index (χ1n) is 5.55. The zero-order valence-corrected chi connectivity index (χ0v) is 8.68. The van der Waals surface area contributed by atoms with Crippen molar-refractivity contribution < 1.29 is 0 Å². The molecule has 1 rings (SSSR count). The Balaban J connectivity index is 1.94. The lowest BCUT2D eigenvalue weighted by atomic mass is 10.1. The van der Waals surface area contributed by atoms with E-state index in [0.717, 1.165) is 24.9 Å². The van der Waals surface area contributed by atoms with Crippen LogP contribution in [0.25, 0.3) is 0 Å². The van der Waals surface area contributed by atoms with Crippen molar-refractivity contribution in [2.45, 2.75) is 51.5 Å². The Hall–Kier alpha value is -0.480. The zero-order valence-electron chi connectivity index (χ0n) is 8.68. The molecule has 1 fully saturated rings. The maximum Gasteiger partial charge on any atom is 0.00927 e. The second kappa shape index (κ2) is 6.05. The van der Waals surface area contributed by atoms with Gasteiger partial charge in [-0.15, -0.1) is 12.3 Å². The van der Waals surface area contributed by atoms with Crippen molar-refractivity contribution >= 4 is 0 Å². The first-order chi connectivity index (χ1) is 6.38. The average Bonchev–Trinajstić information content (AvgIpc) is 2.95. The fourth-order valence-corrected chi connectivity index (χ4v) is 1.78. The van der Waals surface area contributed by atoms with E-state index in [4.69, 9.17) is 6.42 Å². The smallest absolute Gasteiger partial charge is 0.00927 e. The molecule has 0 amide bonds. The standard InChI is InChI=1S/C12H21N/c1-3-5-6-7-10-13-12(4-2)11-8-9-11/h1,11-13H,4-10H2,2H3. The molecule has 1 nitrogen and oxygen atoms in total. The van der Waals surface area contributed by atoms with E-state index >= 15 is 0 Å². The molecule has 1 unspecified atom stereocenters. The average molecular weight is 179 g/mol. The number of hydrogen-bond acceptors (Lipinski definition) is 1. The molecular weight excluding hydrogens is 158 g/mol. The summed E-state index contributed by atoms with van der Waals surface area (Å²) in [4.78, 5) is 0. The maximum absolute atomic E-state index is 5.18. The van der Waals surface area contributed by atoms with Gasteiger partial charge in [0.15, 0.2) is 0 Å². The van der Waals surface area contributed by atoms with Gasteiger partial charge in [0.25, 0.3) is 0 Å². The normalized spacial score (nSPS) is 18.2. The monoisotopic (exact) mass is 179 g/mol. The van der Waals surface area contributed by atoms with Crippen LogP contribution < -0.4 is 5.32 Å². The van der Waals surface area contributed by atoms with Gasteiger partial charge in [0.1, 0.15) is 0 Å². The number of terminal acetylenes is 1. The SMILES string of the molecule is C#CCCCCNC(CC)C1CC1. The summed E-state index contributed by atoms with van der Waals surface area (Å²) in [6.07, 6.45) is 12.7. The Morgan fingerprint density at radius 1 is 1.46 bits per heavy atom. The molecule has 0 aromatic heterocycles. The second-order valence-corrected chi connectivity index (χ2v) is 3.97. The molecule has 0 spiro atoms. The molecule has 1 saturated carbocycles. The van der Waals surface area contributed by atoms with Crippen LogP contribution in [0.4, 0.5) is 0 Å². The number of nitrogens with one attached hydrogen (secondary N) is 1. The Bertz CT molecular complexity index is 164. The number of unbranched alkanes of at least 4 members (excludes halogenated alkanes) is 2. The lowest BCUT2D eigenvalue weighted by Crippen LogP contribution is -2.31. The van der Waals surface area contributed by atoms with Gasteiger partial charge in [0, 0.05) is 12.5 Å². The Labute approximate surface area is 82.3 Å². The Morgan fingerprint density at radius 3 is 2.77 bits per heavy atom. The van der Waals surface area contributed by atoms with Crippen molar-refractivity contribution in [3.05, 3.63) is 0 Å². The molecule has 0 saturated heterocycles. The predicted molar refractivity (Wildman–Crippen MR) is 57.5 cm³/mol. The molecule has 0 aromatic carbocycles. The van der Waals surface area contributed by atoms with Crippen molar-refractivity contribution in [2.24, 2.45) is 5.92 Å². The summed E-state index contributed by atoms with van der Waals surface area (Å²) in [7, 11) is 0. The lowest BCUT2D eigenvalue weighted by Gasteiger charge is -2.15. The Kier molecular flexibility index (Phi) is 4.93. The van der Waals surface area contributed by atoms with Crippen LogP contribution in [-0.4, -0.2) is 12.6 Å². The van der Waals surface area contributed by atoms with Gasteiger partial charge in [-0.25, -0.2) is 0 Å². The highest BCUT2D eigenvalue weighted by atomic mass is 14.9. The summed E-state index contributed by atoms with van der Waals surface area (Å²) in [5, 5.41) is 3.62. The molecule has 0 aliphatic heterocycles. The predicted octanol–water partition coefficient (Wildman–Crippen LogP) is 2.57. The first-order valence-corrected chi connectivity index (χ1v) is 5.55. The zero-order chi connectivity index (χ0) is 9.52. The van der Waals surface area contributed by atoms with E-state index in [-0.39, 0.29) is 0 Å². The van der Waals surface area contributed by atoms with Crippen LogP contribution in [0.2, 0.25) is 0 Å². The van der Waals surface area contributed by atoms with Gasteiger partial charge < -0.3 is 5.32 Å². The van der Waals surface area contributed by atoms with Gasteiger partial charge in [0.05, 0.1) is 0 Å². The number of rotatable bonds is 7. The molecule has 13 heavy (non-hydrogen) atoms. The molecule has 0 aromatic rings. The topological polar surface area (TPSA) is 12.0 Å². The summed E-state index contributed by atoms with van der Waals surface area (Å²) in [6.45, 7) is 3.42. The van der Waals surface area contributed by atoms with Crippen LogP contribution in [0.3, 0.4) is 0 Å². The van der Waals surface area contributed by atoms with Crippen molar-refractivity contribution in [2.75, 3.05) is 6.54 Å². The summed E-state index contributed by atoms with van der Waals surface area (Å²) < 4.78 is 0. The second-order valence-electron chi connectivity index (χ2n) is 3.97. The van der Waals surface area contributed by atoms with Gasteiger partial charge in [-0.1, -0.05) is 6.92 Å². The van der Waals surface area contributed by atoms with E-state index in [2.05, 4.69) is 18.2 Å². The lowest BCUT2D eigenvalue weighted by molar-refractivity contribution is 0.443. The molecule has 0 bridgehead atoms. The molecule has 1 aliphatic rings. The van der Waals surface area contributed by atoms with Crippen molar-refractivity contribution in [1.82, 2.24) is 5.32 Å². The highest BCUT2D eigenvalue weighted by Gasteiger charge is 2.28. The molecule has 74 valence electrons. The van der Waals surface area contributed by atoms with Crippen LogP contribution in [-0.2, 0) is 0 Å². The molecule has 1 aliphatic carbocycles. The van der Waals surface area contributed by atoms with Crippen LogP contribution in [0.15, 0.2) is 0 Å². The van der Waals surface area contributed by atoms with E-state index in [1.807, 2.05) is 0 Å². The van der Waals surface area contributed by atoms with E-state index in [1.54, 1.807) is 0 Å². The van der Waals surface area contributed by atoms with Crippen LogP contribution in [0.1, 0.15) is 45.4 Å². The maximum atomic E-state index is 5.18. The van der Waals surface area contributed by atoms with E-state index < -0.39 is 0 Å². The third-order valence-electron chi connectivity index (χ3n) is 2.79. The largest absolute Gasteiger partial charge is 0.314 e. The van der Waals surface area contributed by atoms with E-state index in [1.165, 1.54) is 32.1 Å². The van der Waals surface area contributed by atoms with E-state index in [9.17, 15) is 0 Å². The van der Waals surface area contributed by atoms with Gasteiger partial charge >= 0.3 is 0 Å².